The van der Waals surface area contributed by atoms with E-state index < -0.39 is 5.97 Å². The minimum atomic E-state index is -0.859. The van der Waals surface area contributed by atoms with Crippen LogP contribution in [0.4, 0.5) is 0 Å². The number of hydrogen-bond donors (Lipinski definition) is 1. The van der Waals surface area contributed by atoms with Crippen molar-refractivity contribution in [3.05, 3.63) is 5.82 Å². The molecule has 0 saturated carbocycles. The van der Waals surface area contributed by atoms with Gasteiger partial charge in [-0.05, 0) is 13.3 Å². The third-order valence-electron chi connectivity index (χ3n) is 2.23. The number of thioether (sulfide) groups is 1. The van der Waals surface area contributed by atoms with Gasteiger partial charge in [0.2, 0.25) is 0 Å². The Morgan fingerprint density at radius 2 is 2.29 bits per heavy atom. The molecule has 1 N–H and O–H groups in total. The smallest absolute Gasteiger partial charge is 0.313 e. The second kappa shape index (κ2) is 6.61. The number of rotatable bonds is 7. The number of carboxylic acids is 1. The van der Waals surface area contributed by atoms with Crippen molar-refractivity contribution in [3.8, 4) is 0 Å². The summed E-state index contributed by atoms with van der Waals surface area (Å²) >= 11 is 1.18. The van der Waals surface area contributed by atoms with Gasteiger partial charge in [-0.25, -0.2) is 0 Å². The summed E-state index contributed by atoms with van der Waals surface area (Å²) < 4.78 is 7.13. The molecule has 1 aromatic heterocycles. The van der Waals surface area contributed by atoms with Crippen LogP contribution in [0.2, 0.25) is 0 Å². The fourth-order valence-electron chi connectivity index (χ4n) is 1.37. The molecular formula is C10H17N3O3S. The van der Waals surface area contributed by atoms with Crippen molar-refractivity contribution in [2.45, 2.75) is 38.1 Å². The second-order valence-corrected chi connectivity index (χ2v) is 4.50. The van der Waals surface area contributed by atoms with Crippen molar-refractivity contribution >= 4 is 17.7 Å². The van der Waals surface area contributed by atoms with Gasteiger partial charge in [-0.2, -0.15) is 0 Å². The Bertz CT molecular complexity index is 381. The van der Waals surface area contributed by atoms with Crippen LogP contribution in [0.3, 0.4) is 0 Å². The summed E-state index contributed by atoms with van der Waals surface area (Å²) in [5.41, 5.74) is 0. The first kappa shape index (κ1) is 14.0. The average molecular weight is 259 g/mol. The van der Waals surface area contributed by atoms with Crippen LogP contribution in [0.5, 0.6) is 0 Å². The van der Waals surface area contributed by atoms with Crippen molar-refractivity contribution in [1.29, 1.82) is 0 Å². The maximum absolute atomic E-state index is 10.5. The Morgan fingerprint density at radius 3 is 2.82 bits per heavy atom. The van der Waals surface area contributed by atoms with Crippen LogP contribution in [0.1, 0.15) is 32.2 Å². The Kier molecular flexibility index (Phi) is 5.43. The van der Waals surface area contributed by atoms with Gasteiger partial charge in [-0.3, -0.25) is 4.79 Å². The fourth-order valence-corrected chi connectivity index (χ4v) is 2.06. The average Bonchev–Trinajstić information content (AvgIpc) is 2.69. The number of carbonyl (C=O) groups is 1. The third kappa shape index (κ3) is 3.71. The monoisotopic (exact) mass is 259 g/mol. The van der Waals surface area contributed by atoms with Crippen LogP contribution in [0, 0.1) is 0 Å². The molecule has 1 heterocycles. The molecule has 0 saturated heterocycles. The molecule has 1 unspecified atom stereocenters. The molecule has 6 nitrogen and oxygen atoms in total. The Hall–Kier alpha value is -1.08. The lowest BCUT2D eigenvalue weighted by Gasteiger charge is -2.12. The molecule has 0 bridgehead atoms. The maximum atomic E-state index is 10.5. The summed E-state index contributed by atoms with van der Waals surface area (Å²) in [4.78, 5) is 10.5. The highest BCUT2D eigenvalue weighted by Gasteiger charge is 2.17. The van der Waals surface area contributed by atoms with Crippen molar-refractivity contribution in [3.63, 3.8) is 0 Å². The maximum Gasteiger partial charge on any atom is 0.313 e. The largest absolute Gasteiger partial charge is 0.481 e. The molecule has 0 radical (unpaired) electrons. The minimum absolute atomic E-state index is 0.0107. The zero-order valence-electron chi connectivity index (χ0n) is 10.2. The normalized spacial score (nSPS) is 12.6. The van der Waals surface area contributed by atoms with Crippen molar-refractivity contribution in [1.82, 2.24) is 14.8 Å². The fraction of sp³-hybridized carbons (Fsp3) is 0.700. The molecule has 0 aliphatic rings. The van der Waals surface area contributed by atoms with Crippen LogP contribution in [-0.4, -0.2) is 38.7 Å². The van der Waals surface area contributed by atoms with Crippen LogP contribution in [-0.2, 0) is 16.1 Å². The molecule has 17 heavy (non-hydrogen) atoms. The molecule has 1 atom stereocenters. The number of aromatic nitrogens is 3. The highest BCUT2D eigenvalue weighted by Crippen LogP contribution is 2.22. The quantitative estimate of drug-likeness (QED) is 0.749. The van der Waals surface area contributed by atoms with Gasteiger partial charge < -0.3 is 14.4 Å². The Morgan fingerprint density at radius 1 is 1.59 bits per heavy atom. The van der Waals surface area contributed by atoms with E-state index in [2.05, 4.69) is 10.2 Å². The minimum Gasteiger partial charge on any atom is -0.481 e. The van der Waals surface area contributed by atoms with Crippen LogP contribution >= 0.6 is 11.8 Å². The number of carboxylic acid groups (broad SMARTS) is 1. The van der Waals surface area contributed by atoms with Crippen molar-refractivity contribution in [2.75, 3.05) is 12.9 Å². The SMILES string of the molecule is CCCn1c(SCC(=O)O)nnc1C(C)OC. The lowest BCUT2D eigenvalue weighted by atomic mass is 10.3. The lowest BCUT2D eigenvalue weighted by Crippen LogP contribution is -2.10. The molecule has 1 rings (SSSR count). The van der Waals surface area contributed by atoms with Gasteiger partial charge in [0, 0.05) is 13.7 Å². The standard InChI is InChI=1S/C10H17N3O3S/c1-4-5-13-9(7(2)16-3)11-12-10(13)17-6-8(14)15/h7H,4-6H2,1-3H3,(H,14,15). The van der Waals surface area contributed by atoms with E-state index in [9.17, 15) is 4.79 Å². The molecular weight excluding hydrogens is 242 g/mol. The summed E-state index contributed by atoms with van der Waals surface area (Å²) in [6.07, 6.45) is 0.787. The van der Waals surface area contributed by atoms with Gasteiger partial charge in [0.25, 0.3) is 0 Å². The first-order valence-electron chi connectivity index (χ1n) is 5.40. The molecule has 1 aromatic rings. The second-order valence-electron chi connectivity index (χ2n) is 3.55. The third-order valence-corrected chi connectivity index (χ3v) is 3.19. The van der Waals surface area contributed by atoms with E-state index in [-0.39, 0.29) is 11.9 Å². The van der Waals surface area contributed by atoms with E-state index in [1.165, 1.54) is 11.8 Å². The lowest BCUT2D eigenvalue weighted by molar-refractivity contribution is -0.133. The number of aliphatic carboxylic acids is 1. The van der Waals surface area contributed by atoms with Gasteiger partial charge in [-0.1, -0.05) is 18.7 Å². The van der Waals surface area contributed by atoms with E-state index in [1.54, 1.807) is 7.11 Å². The van der Waals surface area contributed by atoms with E-state index in [1.807, 2.05) is 18.4 Å². The van der Waals surface area contributed by atoms with Crippen molar-refractivity contribution < 1.29 is 14.6 Å². The van der Waals surface area contributed by atoms with Gasteiger partial charge in [0.1, 0.15) is 6.10 Å². The zero-order chi connectivity index (χ0) is 12.8. The van der Waals surface area contributed by atoms with Gasteiger partial charge in [-0.15, -0.1) is 10.2 Å². The molecule has 0 spiro atoms. The zero-order valence-corrected chi connectivity index (χ0v) is 11.0. The summed E-state index contributed by atoms with van der Waals surface area (Å²) in [7, 11) is 1.61. The Balaban J connectivity index is 2.89. The first-order chi connectivity index (χ1) is 8.10. The number of hydrogen-bond acceptors (Lipinski definition) is 5. The summed E-state index contributed by atoms with van der Waals surface area (Å²) in [5.74, 6) is -0.131. The first-order valence-corrected chi connectivity index (χ1v) is 6.39. The topological polar surface area (TPSA) is 77.2 Å². The highest BCUT2D eigenvalue weighted by molar-refractivity contribution is 7.99. The van der Waals surface area contributed by atoms with Crippen molar-refractivity contribution in [2.24, 2.45) is 0 Å². The van der Waals surface area contributed by atoms with Crippen LogP contribution < -0.4 is 0 Å². The summed E-state index contributed by atoms with van der Waals surface area (Å²) in [5, 5.41) is 17.4. The summed E-state index contributed by atoms with van der Waals surface area (Å²) in [6, 6.07) is 0. The van der Waals surface area contributed by atoms with Crippen LogP contribution in [0.25, 0.3) is 0 Å². The number of methoxy groups -OCH3 is 1. The van der Waals surface area contributed by atoms with E-state index >= 15 is 0 Å². The van der Waals surface area contributed by atoms with Gasteiger partial charge in [0.05, 0.1) is 5.75 Å². The van der Waals surface area contributed by atoms with E-state index in [0.717, 1.165) is 18.8 Å². The molecule has 96 valence electrons. The Labute approximate surface area is 104 Å². The van der Waals surface area contributed by atoms with E-state index in [0.29, 0.717) is 5.16 Å². The van der Waals surface area contributed by atoms with E-state index in [4.69, 9.17) is 9.84 Å². The van der Waals surface area contributed by atoms with Crippen LogP contribution in [0.15, 0.2) is 5.16 Å². The molecule has 0 fully saturated rings. The molecule has 0 aliphatic heterocycles. The molecule has 0 aromatic carbocycles. The highest BCUT2D eigenvalue weighted by atomic mass is 32.2. The molecule has 0 aliphatic carbocycles. The van der Waals surface area contributed by atoms with Gasteiger partial charge in [0.15, 0.2) is 11.0 Å². The number of nitrogens with zero attached hydrogens (tertiary/aromatic N) is 3. The number of ether oxygens (including phenoxy) is 1. The summed E-state index contributed by atoms with van der Waals surface area (Å²) in [6.45, 7) is 4.70. The predicted octanol–water partition coefficient (Wildman–Crippen LogP) is 1.57. The predicted molar refractivity (Wildman–Crippen MR) is 64.1 cm³/mol. The van der Waals surface area contributed by atoms with Gasteiger partial charge >= 0.3 is 5.97 Å². The molecule has 7 heteroatoms. The molecule has 0 amide bonds.